The zero-order valence-corrected chi connectivity index (χ0v) is 16.2. The molecule has 0 spiro atoms. The van der Waals surface area contributed by atoms with Gasteiger partial charge >= 0.3 is 0 Å². The number of piperidine rings is 1. The Hall–Kier alpha value is -1.80. The number of para-hydroxylation sites is 1. The Bertz CT molecular complexity index is 686. The van der Waals surface area contributed by atoms with Gasteiger partial charge in [-0.3, -0.25) is 0 Å². The number of fused-ring (bicyclic) bond motifs is 1. The molecule has 3 atom stereocenters. The van der Waals surface area contributed by atoms with Gasteiger partial charge < -0.3 is 10.2 Å². The van der Waals surface area contributed by atoms with Crippen molar-refractivity contribution in [1.29, 1.82) is 0 Å². The zero-order chi connectivity index (χ0) is 17.9. The lowest BCUT2D eigenvalue weighted by atomic mass is 9.85. The zero-order valence-electron chi connectivity index (χ0n) is 16.2. The summed E-state index contributed by atoms with van der Waals surface area (Å²) in [6.45, 7) is 7.10. The second-order valence-corrected chi connectivity index (χ2v) is 8.48. The van der Waals surface area contributed by atoms with Gasteiger partial charge in [0.15, 0.2) is 0 Å². The molecule has 2 unspecified atom stereocenters. The van der Waals surface area contributed by atoms with Crippen LogP contribution < -0.4 is 10.2 Å². The summed E-state index contributed by atoms with van der Waals surface area (Å²) in [5.74, 6) is 1.59. The third-order valence-electron chi connectivity index (χ3n) is 6.43. The van der Waals surface area contributed by atoms with E-state index in [4.69, 9.17) is 0 Å². The van der Waals surface area contributed by atoms with Gasteiger partial charge in [0.1, 0.15) is 0 Å². The first-order valence-corrected chi connectivity index (χ1v) is 10.3. The first kappa shape index (κ1) is 17.6. The summed E-state index contributed by atoms with van der Waals surface area (Å²) in [7, 11) is 0. The average molecular weight is 349 g/mol. The number of benzene rings is 2. The van der Waals surface area contributed by atoms with Gasteiger partial charge in [0.05, 0.1) is 0 Å². The summed E-state index contributed by atoms with van der Waals surface area (Å²) in [5, 5.41) is 3.81. The van der Waals surface area contributed by atoms with Gasteiger partial charge in [-0.2, -0.15) is 0 Å². The van der Waals surface area contributed by atoms with Crippen molar-refractivity contribution in [3.8, 4) is 0 Å². The molecule has 4 rings (SSSR count). The maximum Gasteiger partial charge on any atom is 0.0370 e. The monoisotopic (exact) mass is 348 g/mol. The molecule has 1 heterocycles. The van der Waals surface area contributed by atoms with E-state index in [0.29, 0.717) is 12.1 Å². The quantitative estimate of drug-likeness (QED) is 0.844. The maximum absolute atomic E-state index is 3.81. The molecule has 1 N–H and O–H groups in total. The van der Waals surface area contributed by atoms with Gasteiger partial charge in [-0.25, -0.2) is 0 Å². The second kappa shape index (κ2) is 7.84. The Morgan fingerprint density at radius 1 is 0.923 bits per heavy atom. The molecule has 2 aromatic rings. The van der Waals surface area contributed by atoms with Gasteiger partial charge in [-0.15, -0.1) is 0 Å². The van der Waals surface area contributed by atoms with Crippen molar-refractivity contribution >= 4 is 5.69 Å². The van der Waals surface area contributed by atoms with Crippen LogP contribution in [-0.2, 0) is 12.8 Å². The van der Waals surface area contributed by atoms with Crippen LogP contribution in [0.5, 0.6) is 0 Å². The van der Waals surface area contributed by atoms with Gasteiger partial charge in [-0.1, -0.05) is 56.3 Å². The molecule has 26 heavy (non-hydrogen) atoms. The number of anilines is 1. The highest BCUT2D eigenvalue weighted by Gasteiger charge is 2.29. The standard InChI is InChI=1S/C24H32N2/c1-18-14-19(2)24(25-17-18)12-13-26(22-10-4-3-5-11-22)23-15-20-8-6-7-9-21(20)16-23/h3-11,18-19,23-25H,12-17H2,1-2H3/t18-,19?,24?/m1/s1. The minimum Gasteiger partial charge on any atom is -0.368 e. The molecule has 2 nitrogen and oxygen atoms in total. The molecule has 1 aliphatic carbocycles. The normalized spacial score (nSPS) is 25.8. The summed E-state index contributed by atoms with van der Waals surface area (Å²) in [6.07, 6.45) is 4.94. The summed E-state index contributed by atoms with van der Waals surface area (Å²) >= 11 is 0. The number of rotatable bonds is 5. The fourth-order valence-corrected chi connectivity index (χ4v) is 5.00. The Balaban J connectivity index is 1.48. The highest BCUT2D eigenvalue weighted by atomic mass is 15.2. The molecule has 1 fully saturated rings. The first-order valence-electron chi connectivity index (χ1n) is 10.3. The molecule has 1 saturated heterocycles. The van der Waals surface area contributed by atoms with E-state index in [1.165, 1.54) is 49.0 Å². The number of nitrogens with one attached hydrogen (secondary N) is 1. The van der Waals surface area contributed by atoms with E-state index < -0.39 is 0 Å². The van der Waals surface area contributed by atoms with Crippen molar-refractivity contribution in [3.63, 3.8) is 0 Å². The fraction of sp³-hybridized carbons (Fsp3) is 0.500. The van der Waals surface area contributed by atoms with Gasteiger partial charge in [0.25, 0.3) is 0 Å². The number of nitrogens with zero attached hydrogens (tertiary/aromatic N) is 1. The molecule has 0 aromatic heterocycles. The van der Waals surface area contributed by atoms with E-state index in [2.05, 4.69) is 78.7 Å². The van der Waals surface area contributed by atoms with Gasteiger partial charge in [0, 0.05) is 24.3 Å². The summed E-state index contributed by atoms with van der Waals surface area (Å²) in [5.41, 5.74) is 4.45. The molecule has 138 valence electrons. The maximum atomic E-state index is 3.81. The SMILES string of the molecule is CC1C[C@@H](C)CNC1CCN(c1ccccc1)C1Cc2ccccc2C1. The predicted molar refractivity (Wildman–Crippen MR) is 111 cm³/mol. The first-order chi connectivity index (χ1) is 12.7. The van der Waals surface area contributed by atoms with Crippen molar-refractivity contribution in [2.75, 3.05) is 18.0 Å². The molecule has 0 bridgehead atoms. The minimum absolute atomic E-state index is 0.590. The smallest absolute Gasteiger partial charge is 0.0370 e. The molecule has 2 heteroatoms. The molecule has 2 aromatic carbocycles. The van der Waals surface area contributed by atoms with E-state index >= 15 is 0 Å². The molecule has 2 aliphatic rings. The Morgan fingerprint density at radius 3 is 2.23 bits per heavy atom. The summed E-state index contributed by atoms with van der Waals surface area (Å²) < 4.78 is 0. The Labute approximate surface area is 158 Å². The largest absolute Gasteiger partial charge is 0.368 e. The fourth-order valence-electron chi connectivity index (χ4n) is 5.00. The average Bonchev–Trinajstić information content (AvgIpc) is 3.08. The van der Waals surface area contributed by atoms with Crippen molar-refractivity contribution in [1.82, 2.24) is 5.32 Å². The molecular weight excluding hydrogens is 316 g/mol. The predicted octanol–water partition coefficient (Wildman–Crippen LogP) is 4.68. The van der Waals surface area contributed by atoms with E-state index in [0.717, 1.165) is 18.4 Å². The lowest BCUT2D eigenvalue weighted by Crippen LogP contribution is -2.46. The van der Waals surface area contributed by atoms with Crippen LogP contribution in [0.3, 0.4) is 0 Å². The lowest BCUT2D eigenvalue weighted by molar-refractivity contribution is 0.234. The molecule has 1 aliphatic heterocycles. The topological polar surface area (TPSA) is 15.3 Å². The van der Waals surface area contributed by atoms with Crippen LogP contribution in [0.2, 0.25) is 0 Å². The van der Waals surface area contributed by atoms with Crippen LogP contribution in [0, 0.1) is 11.8 Å². The van der Waals surface area contributed by atoms with Crippen molar-refractivity contribution in [2.45, 2.75) is 51.6 Å². The van der Waals surface area contributed by atoms with Crippen molar-refractivity contribution < 1.29 is 0 Å². The molecular formula is C24H32N2. The van der Waals surface area contributed by atoms with Crippen molar-refractivity contribution in [2.24, 2.45) is 11.8 Å². The molecule has 0 saturated carbocycles. The van der Waals surface area contributed by atoms with Crippen LogP contribution >= 0.6 is 0 Å². The van der Waals surface area contributed by atoms with Crippen LogP contribution in [0.25, 0.3) is 0 Å². The highest BCUT2D eigenvalue weighted by molar-refractivity contribution is 5.49. The minimum atomic E-state index is 0.590. The van der Waals surface area contributed by atoms with E-state index in [1.807, 2.05) is 0 Å². The molecule has 0 amide bonds. The van der Waals surface area contributed by atoms with E-state index in [9.17, 15) is 0 Å². The van der Waals surface area contributed by atoms with Crippen LogP contribution in [0.4, 0.5) is 5.69 Å². The third kappa shape index (κ3) is 3.81. The van der Waals surface area contributed by atoms with Crippen LogP contribution in [-0.4, -0.2) is 25.2 Å². The van der Waals surface area contributed by atoms with E-state index in [-0.39, 0.29) is 0 Å². The summed E-state index contributed by atoms with van der Waals surface area (Å²) in [4.78, 5) is 2.67. The second-order valence-electron chi connectivity index (χ2n) is 8.48. The third-order valence-corrected chi connectivity index (χ3v) is 6.43. The number of hydrogen-bond donors (Lipinski definition) is 1. The Morgan fingerprint density at radius 2 is 1.58 bits per heavy atom. The lowest BCUT2D eigenvalue weighted by Gasteiger charge is -2.37. The number of hydrogen-bond acceptors (Lipinski definition) is 2. The molecule has 0 radical (unpaired) electrons. The van der Waals surface area contributed by atoms with Crippen LogP contribution in [0.1, 0.15) is 37.8 Å². The summed E-state index contributed by atoms with van der Waals surface area (Å²) in [6, 6.07) is 21.3. The van der Waals surface area contributed by atoms with Crippen molar-refractivity contribution in [3.05, 3.63) is 65.7 Å². The van der Waals surface area contributed by atoms with Gasteiger partial charge in [-0.05, 0) is 67.3 Å². The highest BCUT2D eigenvalue weighted by Crippen LogP contribution is 2.30. The Kier molecular flexibility index (Phi) is 5.31. The van der Waals surface area contributed by atoms with Crippen LogP contribution in [0.15, 0.2) is 54.6 Å². The van der Waals surface area contributed by atoms with E-state index in [1.54, 1.807) is 0 Å². The van der Waals surface area contributed by atoms with Gasteiger partial charge in [0.2, 0.25) is 0 Å².